The number of amides is 2. The SMILES string of the molecule is C=C(OC(=NC)c1cncc(-c2cnc(NC(=O)NCC)cc2-c2nc(C(F)(F)F)cs2)c1)N1CC(O)C1. The van der Waals surface area contributed by atoms with Crippen molar-refractivity contribution in [2.24, 2.45) is 4.99 Å². The zero-order valence-corrected chi connectivity index (χ0v) is 21.2. The fourth-order valence-corrected chi connectivity index (χ4v) is 4.41. The van der Waals surface area contributed by atoms with Gasteiger partial charge in [-0.2, -0.15) is 13.2 Å². The van der Waals surface area contributed by atoms with E-state index in [9.17, 15) is 23.1 Å². The lowest BCUT2D eigenvalue weighted by molar-refractivity contribution is -0.140. The molecule has 4 heterocycles. The minimum absolute atomic E-state index is 0.0874. The Bertz CT molecular complexity index is 1370. The molecule has 1 fully saturated rings. The van der Waals surface area contributed by atoms with Gasteiger partial charge in [0, 0.05) is 67.3 Å². The van der Waals surface area contributed by atoms with Gasteiger partial charge in [0.05, 0.1) is 11.7 Å². The number of rotatable bonds is 7. The van der Waals surface area contributed by atoms with Gasteiger partial charge in [0.2, 0.25) is 5.90 Å². The number of aliphatic hydroxyl groups excluding tert-OH is 1. The highest BCUT2D eigenvalue weighted by molar-refractivity contribution is 7.13. The molecule has 0 aliphatic carbocycles. The normalized spacial score (nSPS) is 14.2. The van der Waals surface area contributed by atoms with Crippen molar-refractivity contribution in [3.63, 3.8) is 0 Å². The molecule has 4 rings (SSSR count). The number of nitrogens with zero attached hydrogens (tertiary/aromatic N) is 5. The Hall–Kier alpha value is -4.04. The van der Waals surface area contributed by atoms with Crippen LogP contribution in [0.2, 0.25) is 0 Å². The average molecular weight is 548 g/mol. The van der Waals surface area contributed by atoms with E-state index < -0.39 is 24.0 Å². The molecular weight excluding hydrogens is 523 g/mol. The summed E-state index contributed by atoms with van der Waals surface area (Å²) in [5, 5.41) is 15.7. The Morgan fingerprint density at radius 2 is 2.05 bits per heavy atom. The number of nitrogens with one attached hydrogen (secondary N) is 2. The third kappa shape index (κ3) is 6.08. The molecule has 200 valence electrons. The van der Waals surface area contributed by atoms with E-state index in [0.29, 0.717) is 47.8 Å². The summed E-state index contributed by atoms with van der Waals surface area (Å²) < 4.78 is 45.6. The van der Waals surface area contributed by atoms with Gasteiger partial charge in [-0.1, -0.05) is 0 Å². The summed E-state index contributed by atoms with van der Waals surface area (Å²) in [6.07, 6.45) is -0.580. The zero-order valence-electron chi connectivity index (χ0n) is 20.4. The molecule has 0 radical (unpaired) electrons. The lowest BCUT2D eigenvalue weighted by atomic mass is 10.0. The van der Waals surface area contributed by atoms with Gasteiger partial charge in [-0.25, -0.2) is 14.8 Å². The van der Waals surface area contributed by atoms with Crippen LogP contribution >= 0.6 is 11.3 Å². The van der Waals surface area contributed by atoms with Gasteiger partial charge in [0.25, 0.3) is 0 Å². The van der Waals surface area contributed by atoms with Crippen molar-refractivity contribution in [3.05, 3.63) is 59.8 Å². The maximum atomic E-state index is 13.3. The Labute approximate surface area is 219 Å². The number of halogens is 3. The van der Waals surface area contributed by atoms with Crippen LogP contribution in [0, 0.1) is 0 Å². The number of β-amino-alcohol motifs (C(OH)–C–C–N with tert-alkyl or cyclic N) is 1. The fourth-order valence-electron chi connectivity index (χ4n) is 3.55. The number of aliphatic imine (C=N–C) groups is 1. The summed E-state index contributed by atoms with van der Waals surface area (Å²) in [6.45, 7) is 6.79. The minimum atomic E-state index is -4.61. The third-order valence-electron chi connectivity index (χ3n) is 5.44. The van der Waals surface area contributed by atoms with Crippen molar-refractivity contribution in [1.29, 1.82) is 0 Å². The second kappa shape index (κ2) is 11.1. The Kier molecular flexibility index (Phi) is 7.92. The summed E-state index contributed by atoms with van der Waals surface area (Å²) in [5.41, 5.74) is 0.727. The van der Waals surface area contributed by atoms with Crippen LogP contribution in [0.1, 0.15) is 18.2 Å². The van der Waals surface area contributed by atoms with Crippen molar-refractivity contribution in [3.8, 4) is 21.7 Å². The lowest BCUT2D eigenvalue weighted by Gasteiger charge is -2.37. The Morgan fingerprint density at radius 3 is 2.68 bits per heavy atom. The first-order chi connectivity index (χ1) is 18.1. The van der Waals surface area contributed by atoms with Crippen LogP contribution in [0.25, 0.3) is 21.7 Å². The summed E-state index contributed by atoms with van der Waals surface area (Å²) in [4.78, 5) is 30.2. The van der Waals surface area contributed by atoms with Gasteiger partial charge < -0.3 is 20.1 Å². The van der Waals surface area contributed by atoms with Crippen molar-refractivity contribution < 1.29 is 27.8 Å². The predicted molar refractivity (Wildman–Crippen MR) is 137 cm³/mol. The average Bonchev–Trinajstić information content (AvgIpc) is 3.36. The molecule has 38 heavy (non-hydrogen) atoms. The van der Waals surface area contributed by atoms with E-state index in [1.54, 1.807) is 17.9 Å². The summed E-state index contributed by atoms with van der Waals surface area (Å²) >= 11 is 0.818. The van der Waals surface area contributed by atoms with E-state index in [1.807, 2.05) is 0 Å². The van der Waals surface area contributed by atoms with Gasteiger partial charge >= 0.3 is 12.2 Å². The summed E-state index contributed by atoms with van der Waals surface area (Å²) in [7, 11) is 1.53. The molecule has 3 N–H and O–H groups in total. The number of hydrogen-bond donors (Lipinski definition) is 3. The monoisotopic (exact) mass is 547 g/mol. The van der Waals surface area contributed by atoms with Crippen molar-refractivity contribution in [2.45, 2.75) is 19.2 Å². The smallest absolute Gasteiger partial charge is 0.423 e. The van der Waals surface area contributed by atoms with Gasteiger partial charge in [-0.3, -0.25) is 15.3 Å². The number of hydrogen-bond acceptors (Lipinski definition) is 9. The molecule has 0 spiro atoms. The number of likely N-dealkylation sites (tertiary alicyclic amines) is 1. The zero-order chi connectivity index (χ0) is 27.4. The molecule has 10 nitrogen and oxygen atoms in total. The summed E-state index contributed by atoms with van der Waals surface area (Å²) in [5.74, 6) is 0.657. The topological polar surface area (TPSA) is 125 Å². The van der Waals surface area contributed by atoms with E-state index in [-0.39, 0.29) is 16.7 Å². The first-order valence-electron chi connectivity index (χ1n) is 11.4. The lowest BCUT2D eigenvalue weighted by Crippen LogP contribution is -2.50. The van der Waals surface area contributed by atoms with Crippen LogP contribution in [0.5, 0.6) is 0 Å². The van der Waals surface area contributed by atoms with Crippen LogP contribution in [-0.2, 0) is 10.9 Å². The third-order valence-corrected chi connectivity index (χ3v) is 6.31. The first kappa shape index (κ1) is 27.0. The van der Waals surface area contributed by atoms with Crippen LogP contribution in [0.4, 0.5) is 23.8 Å². The number of alkyl halides is 3. The molecule has 3 aromatic rings. The van der Waals surface area contributed by atoms with Gasteiger partial charge in [-0.05, 0) is 25.6 Å². The molecule has 0 saturated carbocycles. The molecule has 0 unspecified atom stereocenters. The number of aromatic nitrogens is 3. The molecule has 1 aliphatic heterocycles. The van der Waals surface area contributed by atoms with Gasteiger partial charge in [-0.15, -0.1) is 11.3 Å². The number of thiazole rings is 1. The maximum Gasteiger partial charge on any atom is 0.434 e. The molecule has 1 aliphatic rings. The molecule has 0 atom stereocenters. The number of carbonyl (C=O) groups excluding carboxylic acids is 1. The fraction of sp³-hybridized carbons (Fsp3) is 0.292. The van der Waals surface area contributed by atoms with Crippen molar-refractivity contribution in [1.82, 2.24) is 25.2 Å². The van der Waals surface area contributed by atoms with Crippen molar-refractivity contribution >= 4 is 29.1 Å². The molecule has 14 heteroatoms. The number of pyridine rings is 2. The number of anilines is 1. The molecule has 0 aromatic carbocycles. The molecular formula is C24H24F3N7O3S. The maximum absolute atomic E-state index is 13.3. The van der Waals surface area contributed by atoms with Gasteiger partial charge in [0.1, 0.15) is 10.8 Å². The number of aliphatic hydroxyl groups is 1. The van der Waals surface area contributed by atoms with Crippen LogP contribution in [0.15, 0.2) is 53.6 Å². The Balaban J connectivity index is 1.70. The van der Waals surface area contributed by atoms with E-state index in [2.05, 4.69) is 37.2 Å². The van der Waals surface area contributed by atoms with E-state index >= 15 is 0 Å². The molecule has 0 bridgehead atoms. The van der Waals surface area contributed by atoms with Crippen LogP contribution in [0.3, 0.4) is 0 Å². The highest BCUT2D eigenvalue weighted by Gasteiger charge is 2.34. The highest BCUT2D eigenvalue weighted by Crippen LogP contribution is 2.38. The highest BCUT2D eigenvalue weighted by atomic mass is 32.1. The second-order valence-corrected chi connectivity index (χ2v) is 9.04. The molecule has 1 saturated heterocycles. The van der Waals surface area contributed by atoms with E-state index in [4.69, 9.17) is 4.74 Å². The van der Waals surface area contributed by atoms with Crippen molar-refractivity contribution in [2.75, 3.05) is 32.0 Å². The first-order valence-corrected chi connectivity index (χ1v) is 12.3. The van der Waals surface area contributed by atoms with Crippen LogP contribution < -0.4 is 10.6 Å². The van der Waals surface area contributed by atoms with Gasteiger partial charge in [0.15, 0.2) is 11.6 Å². The van der Waals surface area contributed by atoms with E-state index in [0.717, 1.165) is 16.7 Å². The minimum Gasteiger partial charge on any atom is -0.423 e. The molecule has 3 aromatic heterocycles. The number of urea groups is 1. The Morgan fingerprint density at radius 1 is 1.29 bits per heavy atom. The largest absolute Gasteiger partial charge is 0.434 e. The second-order valence-electron chi connectivity index (χ2n) is 8.18. The molecule has 2 amide bonds. The number of ether oxygens (including phenoxy) is 1. The quantitative estimate of drug-likeness (QED) is 0.232. The van der Waals surface area contributed by atoms with Crippen LogP contribution in [-0.4, -0.2) is 69.7 Å². The van der Waals surface area contributed by atoms with E-state index in [1.165, 1.54) is 31.7 Å². The summed E-state index contributed by atoms with van der Waals surface area (Å²) in [6, 6.07) is 2.65. The number of carbonyl (C=O) groups is 1. The standard InChI is InChI=1S/C24H24F3N7O3S/c1-4-30-23(36)33-20-6-17(22-32-19(12-38-22)24(25,26)27)18(9-31-20)14-5-15(8-29-7-14)21(28-3)37-13(2)34-10-16(35)11-34/h5-9,12,16,35H,2,4,10-11H2,1,3H3,(H2,30,31,33,36). The predicted octanol–water partition coefficient (Wildman–Crippen LogP) is 3.97.